The lowest BCUT2D eigenvalue weighted by atomic mass is 9.83. The molecule has 0 unspecified atom stereocenters. The number of rotatable bonds is 6. The predicted molar refractivity (Wildman–Crippen MR) is 83.0 cm³/mol. The van der Waals surface area contributed by atoms with Crippen LogP contribution in [0.2, 0.25) is 0 Å². The van der Waals surface area contributed by atoms with Crippen molar-refractivity contribution in [2.24, 2.45) is 0 Å². The van der Waals surface area contributed by atoms with Crippen molar-refractivity contribution in [1.29, 1.82) is 0 Å². The summed E-state index contributed by atoms with van der Waals surface area (Å²) >= 11 is 0. The Hall–Kier alpha value is -1.71. The number of amides is 1. The summed E-state index contributed by atoms with van der Waals surface area (Å²) in [5.74, 6) is 1.53. The quantitative estimate of drug-likeness (QED) is 0.820. The smallest absolute Gasteiger partial charge is 0.230 e. The summed E-state index contributed by atoms with van der Waals surface area (Å²) in [4.78, 5) is 12.4. The monoisotopic (exact) mass is 291 g/mol. The van der Waals surface area contributed by atoms with Gasteiger partial charge >= 0.3 is 0 Å². The van der Waals surface area contributed by atoms with Crippen LogP contribution in [0.3, 0.4) is 0 Å². The maximum absolute atomic E-state index is 12.4. The first kappa shape index (κ1) is 15.7. The van der Waals surface area contributed by atoms with Crippen LogP contribution < -0.4 is 14.8 Å². The third-order valence-electron chi connectivity index (χ3n) is 3.90. The second kappa shape index (κ2) is 6.83. The molecular formula is C17H25NO3. The van der Waals surface area contributed by atoms with Gasteiger partial charge in [-0.05, 0) is 38.0 Å². The number of carbonyl (C=O) groups excluding carboxylic acids is 1. The molecule has 4 heteroatoms. The zero-order chi connectivity index (χ0) is 15.3. The van der Waals surface area contributed by atoms with Gasteiger partial charge in [0.1, 0.15) is 13.2 Å². The van der Waals surface area contributed by atoms with E-state index in [9.17, 15) is 4.79 Å². The second-order valence-electron chi connectivity index (χ2n) is 5.95. The highest BCUT2D eigenvalue weighted by Crippen LogP contribution is 2.35. The van der Waals surface area contributed by atoms with Crippen molar-refractivity contribution in [3.63, 3.8) is 0 Å². The van der Waals surface area contributed by atoms with E-state index in [4.69, 9.17) is 9.47 Å². The Morgan fingerprint density at radius 2 is 1.90 bits per heavy atom. The van der Waals surface area contributed by atoms with E-state index >= 15 is 0 Å². The van der Waals surface area contributed by atoms with E-state index in [1.165, 1.54) is 0 Å². The second-order valence-corrected chi connectivity index (χ2v) is 5.95. The summed E-state index contributed by atoms with van der Waals surface area (Å²) in [5, 5.41) is 3.03. The molecular weight excluding hydrogens is 266 g/mol. The van der Waals surface area contributed by atoms with E-state index in [-0.39, 0.29) is 5.91 Å². The number of hydrogen-bond donors (Lipinski definition) is 1. The van der Waals surface area contributed by atoms with Gasteiger partial charge in [-0.3, -0.25) is 4.79 Å². The van der Waals surface area contributed by atoms with Crippen molar-refractivity contribution >= 4 is 5.91 Å². The van der Waals surface area contributed by atoms with Crippen LogP contribution in [-0.4, -0.2) is 25.7 Å². The molecule has 21 heavy (non-hydrogen) atoms. The van der Waals surface area contributed by atoms with Gasteiger partial charge in [0, 0.05) is 6.54 Å². The van der Waals surface area contributed by atoms with Crippen molar-refractivity contribution < 1.29 is 14.3 Å². The summed E-state index contributed by atoms with van der Waals surface area (Å²) < 4.78 is 11.1. The minimum Gasteiger partial charge on any atom is -0.486 e. The van der Waals surface area contributed by atoms with Crippen molar-refractivity contribution in [2.75, 3.05) is 19.8 Å². The van der Waals surface area contributed by atoms with Crippen LogP contribution in [0.25, 0.3) is 0 Å². The molecule has 0 saturated carbocycles. The van der Waals surface area contributed by atoms with E-state index in [0.717, 1.165) is 42.9 Å². The van der Waals surface area contributed by atoms with E-state index in [1.807, 2.05) is 32.0 Å². The highest BCUT2D eigenvalue weighted by Gasteiger charge is 2.30. The highest BCUT2D eigenvalue weighted by atomic mass is 16.6. The number of nitrogens with one attached hydrogen (secondary N) is 1. The van der Waals surface area contributed by atoms with E-state index in [0.29, 0.717) is 13.2 Å². The SMILES string of the molecule is CCCCCNC(=O)C(C)(C)c1ccc2c(c1)OCCO2. The molecule has 0 spiro atoms. The number of carbonyl (C=O) groups is 1. The first-order valence-electron chi connectivity index (χ1n) is 7.74. The van der Waals surface area contributed by atoms with E-state index in [1.54, 1.807) is 0 Å². The van der Waals surface area contributed by atoms with Gasteiger partial charge in [-0.1, -0.05) is 25.8 Å². The van der Waals surface area contributed by atoms with Crippen LogP contribution >= 0.6 is 0 Å². The molecule has 1 aromatic carbocycles. The largest absolute Gasteiger partial charge is 0.486 e. The Morgan fingerprint density at radius 3 is 2.62 bits per heavy atom. The minimum atomic E-state index is -0.581. The summed E-state index contributed by atoms with van der Waals surface area (Å²) in [6.45, 7) is 7.90. The molecule has 1 amide bonds. The molecule has 0 atom stereocenters. The van der Waals surface area contributed by atoms with Gasteiger partial charge in [0.15, 0.2) is 11.5 Å². The fourth-order valence-corrected chi connectivity index (χ4v) is 2.36. The Morgan fingerprint density at radius 1 is 1.19 bits per heavy atom. The van der Waals surface area contributed by atoms with Crippen molar-refractivity contribution in [3.8, 4) is 11.5 Å². The lowest BCUT2D eigenvalue weighted by molar-refractivity contribution is -0.125. The molecule has 1 heterocycles. The molecule has 2 rings (SSSR count). The number of fused-ring (bicyclic) bond motifs is 1. The van der Waals surface area contributed by atoms with E-state index in [2.05, 4.69) is 12.2 Å². The summed E-state index contributed by atoms with van der Waals surface area (Å²) in [6.07, 6.45) is 3.33. The molecule has 0 saturated heterocycles. The van der Waals surface area contributed by atoms with Gasteiger partial charge in [-0.2, -0.15) is 0 Å². The lowest BCUT2D eigenvalue weighted by Gasteiger charge is -2.26. The average Bonchev–Trinajstić information content (AvgIpc) is 2.50. The average molecular weight is 291 g/mol. The minimum absolute atomic E-state index is 0.0512. The highest BCUT2D eigenvalue weighted by molar-refractivity contribution is 5.87. The van der Waals surface area contributed by atoms with Gasteiger partial charge in [-0.25, -0.2) is 0 Å². The van der Waals surface area contributed by atoms with Crippen LogP contribution in [0.5, 0.6) is 11.5 Å². The number of hydrogen-bond acceptors (Lipinski definition) is 3. The molecule has 1 aromatic rings. The maximum Gasteiger partial charge on any atom is 0.230 e. The van der Waals surface area contributed by atoms with Crippen LogP contribution in [0.4, 0.5) is 0 Å². The van der Waals surface area contributed by atoms with Crippen molar-refractivity contribution in [3.05, 3.63) is 23.8 Å². The first-order chi connectivity index (χ1) is 10.1. The molecule has 1 aliphatic rings. The molecule has 1 aliphatic heterocycles. The number of ether oxygens (including phenoxy) is 2. The molecule has 0 aromatic heterocycles. The van der Waals surface area contributed by atoms with Gasteiger partial charge in [0.2, 0.25) is 5.91 Å². The summed E-state index contributed by atoms with van der Waals surface area (Å²) in [5.41, 5.74) is 0.363. The molecule has 116 valence electrons. The topological polar surface area (TPSA) is 47.6 Å². The zero-order valence-electron chi connectivity index (χ0n) is 13.2. The fraction of sp³-hybridized carbons (Fsp3) is 0.588. The van der Waals surface area contributed by atoms with Crippen LogP contribution in [0.1, 0.15) is 45.6 Å². The summed E-state index contributed by atoms with van der Waals surface area (Å²) in [7, 11) is 0. The Bertz CT molecular complexity index is 497. The van der Waals surface area contributed by atoms with Gasteiger partial charge in [0.25, 0.3) is 0 Å². The standard InChI is InChI=1S/C17H25NO3/c1-4-5-6-9-18-16(19)17(2,3)13-7-8-14-15(12-13)21-11-10-20-14/h7-8,12H,4-6,9-11H2,1-3H3,(H,18,19). The van der Waals surface area contributed by atoms with Crippen LogP contribution in [0, 0.1) is 0 Å². The van der Waals surface area contributed by atoms with E-state index < -0.39 is 5.41 Å². The fourth-order valence-electron chi connectivity index (χ4n) is 2.36. The molecule has 0 aliphatic carbocycles. The predicted octanol–water partition coefficient (Wildman–Crippen LogP) is 3.04. The van der Waals surface area contributed by atoms with Gasteiger partial charge < -0.3 is 14.8 Å². The Kier molecular flexibility index (Phi) is 5.10. The maximum atomic E-state index is 12.4. The van der Waals surface area contributed by atoms with Crippen molar-refractivity contribution in [1.82, 2.24) is 5.32 Å². The number of unbranched alkanes of at least 4 members (excludes halogenated alkanes) is 2. The zero-order valence-corrected chi connectivity index (χ0v) is 13.2. The molecule has 4 nitrogen and oxygen atoms in total. The lowest BCUT2D eigenvalue weighted by Crippen LogP contribution is -2.40. The third kappa shape index (κ3) is 3.69. The molecule has 0 fully saturated rings. The Labute approximate surface area is 126 Å². The first-order valence-corrected chi connectivity index (χ1v) is 7.74. The third-order valence-corrected chi connectivity index (χ3v) is 3.90. The van der Waals surface area contributed by atoms with Crippen molar-refractivity contribution in [2.45, 2.75) is 45.4 Å². The van der Waals surface area contributed by atoms with Crippen LogP contribution in [-0.2, 0) is 10.2 Å². The molecule has 0 radical (unpaired) electrons. The van der Waals surface area contributed by atoms with Gasteiger partial charge in [0.05, 0.1) is 5.41 Å². The molecule has 0 bridgehead atoms. The summed E-state index contributed by atoms with van der Waals surface area (Å²) in [6, 6.07) is 5.75. The Balaban J connectivity index is 2.05. The number of benzene rings is 1. The van der Waals surface area contributed by atoms with Crippen LogP contribution in [0.15, 0.2) is 18.2 Å². The molecule has 1 N–H and O–H groups in total. The van der Waals surface area contributed by atoms with Gasteiger partial charge in [-0.15, -0.1) is 0 Å². The normalized spacial score (nSPS) is 13.9.